The Hall–Kier alpha value is -7.37. The van der Waals surface area contributed by atoms with Crippen LogP contribution in [0, 0.1) is 0 Å². The van der Waals surface area contributed by atoms with E-state index in [1.54, 1.807) is 91.0 Å². The van der Waals surface area contributed by atoms with E-state index in [2.05, 4.69) is 0 Å². The van der Waals surface area contributed by atoms with Gasteiger partial charge < -0.3 is 52.5 Å². The van der Waals surface area contributed by atoms with Gasteiger partial charge in [-0.15, -0.1) is 0 Å². The molecule has 0 aromatic heterocycles. The Bertz CT molecular complexity index is 2810. The van der Waals surface area contributed by atoms with E-state index in [-0.39, 0.29) is 49.7 Å². The number of carbonyl (C=O) groups is 3. The third-order valence-electron chi connectivity index (χ3n) is 12.6. The molecule has 1 N–H and O–H groups in total. The number of aliphatic hydroxyl groups is 1. The van der Waals surface area contributed by atoms with Gasteiger partial charge in [0.25, 0.3) is 0 Å². The third-order valence-corrected chi connectivity index (χ3v) is 12.6. The standard InChI is InChI=1S/C61H58O14/c62-57(46-30-16-5-17-31-46)70-41-50-52(54(73-58(63)47-32-18-6-19-33-47)55(60(65)71-50)74-59(64)48-34-20-7-21-35-48)75-61-56(69-39-45-28-14-4-15-29-45)53(68-38-44-26-12-3-13-27-44)51(67-37-43-24-10-2-11-25-43)49(72-61)40-66-36-42-22-8-1-9-23-42/h1-35,49-56,60-61,65H,36-41H2/t49?,50?,51-,52+,53?,54?,55?,56?,60-,61+/m0/s1. The lowest BCUT2D eigenvalue weighted by Gasteiger charge is -2.49. The van der Waals surface area contributed by atoms with Crippen molar-refractivity contribution in [2.24, 2.45) is 0 Å². The zero-order valence-corrected chi connectivity index (χ0v) is 41.0. The van der Waals surface area contributed by atoms with Crippen LogP contribution >= 0.6 is 0 Å². The van der Waals surface area contributed by atoms with E-state index in [0.29, 0.717) is 0 Å². The highest BCUT2D eigenvalue weighted by atomic mass is 16.8. The molecule has 2 aliphatic rings. The summed E-state index contributed by atoms with van der Waals surface area (Å²) in [6.45, 7) is 0.0288. The van der Waals surface area contributed by atoms with Gasteiger partial charge in [-0.3, -0.25) is 0 Å². The minimum absolute atomic E-state index is 0.0213. The molecular weight excluding hydrogens is 957 g/mol. The molecule has 6 unspecified atom stereocenters. The summed E-state index contributed by atoms with van der Waals surface area (Å²) in [5.41, 5.74) is 4.06. The van der Waals surface area contributed by atoms with Crippen molar-refractivity contribution in [3.05, 3.63) is 251 Å². The number of rotatable bonds is 22. The number of hydrogen-bond acceptors (Lipinski definition) is 14. The molecule has 75 heavy (non-hydrogen) atoms. The first-order valence-corrected chi connectivity index (χ1v) is 24.8. The van der Waals surface area contributed by atoms with Crippen LogP contribution in [0.4, 0.5) is 0 Å². The maximum Gasteiger partial charge on any atom is 0.338 e. The van der Waals surface area contributed by atoms with Crippen molar-refractivity contribution in [3.63, 3.8) is 0 Å². The van der Waals surface area contributed by atoms with Crippen LogP contribution < -0.4 is 0 Å². The van der Waals surface area contributed by atoms with Gasteiger partial charge in [0.1, 0.15) is 43.2 Å². The van der Waals surface area contributed by atoms with Gasteiger partial charge in [-0.05, 0) is 58.7 Å². The Labute approximate surface area is 435 Å². The molecule has 7 aromatic carbocycles. The van der Waals surface area contributed by atoms with Crippen LogP contribution in [0.5, 0.6) is 0 Å². The summed E-state index contributed by atoms with van der Waals surface area (Å²) in [7, 11) is 0. The van der Waals surface area contributed by atoms with Crippen LogP contribution in [0.1, 0.15) is 53.3 Å². The zero-order valence-electron chi connectivity index (χ0n) is 41.0. The first kappa shape index (κ1) is 52.5. The minimum atomic E-state index is -1.93. The molecule has 14 heteroatoms. The number of hydrogen-bond donors (Lipinski definition) is 1. The topological polar surface area (TPSA) is 164 Å². The summed E-state index contributed by atoms with van der Waals surface area (Å²) < 4.78 is 65.8. The molecule has 10 atom stereocenters. The summed E-state index contributed by atoms with van der Waals surface area (Å²) in [5, 5.41) is 11.9. The molecule has 386 valence electrons. The molecule has 0 amide bonds. The average Bonchev–Trinajstić information content (AvgIpc) is 3.46. The lowest BCUT2D eigenvalue weighted by Crippen LogP contribution is -2.66. The van der Waals surface area contributed by atoms with Gasteiger partial charge in [-0.2, -0.15) is 0 Å². The molecule has 0 spiro atoms. The largest absolute Gasteiger partial charge is 0.459 e. The van der Waals surface area contributed by atoms with E-state index in [9.17, 15) is 19.5 Å². The fourth-order valence-electron chi connectivity index (χ4n) is 8.81. The predicted molar refractivity (Wildman–Crippen MR) is 274 cm³/mol. The molecule has 2 fully saturated rings. The normalized spacial score (nSPS) is 23.4. The second kappa shape index (κ2) is 26.7. The second-order valence-electron chi connectivity index (χ2n) is 17.9. The van der Waals surface area contributed by atoms with Gasteiger partial charge >= 0.3 is 17.9 Å². The van der Waals surface area contributed by atoms with E-state index in [1.807, 2.05) is 121 Å². The summed E-state index contributed by atoms with van der Waals surface area (Å²) in [4.78, 5) is 41.8. The van der Waals surface area contributed by atoms with Crippen molar-refractivity contribution in [1.82, 2.24) is 0 Å². The van der Waals surface area contributed by atoms with Crippen LogP contribution in [0.15, 0.2) is 212 Å². The lowest BCUT2D eigenvalue weighted by molar-refractivity contribution is -0.366. The first-order chi connectivity index (χ1) is 36.9. The van der Waals surface area contributed by atoms with Gasteiger partial charge in [-0.1, -0.05) is 176 Å². The number of ether oxygens (including phenoxy) is 10. The number of carbonyl (C=O) groups excluding carboxylic acids is 3. The van der Waals surface area contributed by atoms with Crippen molar-refractivity contribution in [2.75, 3.05) is 13.2 Å². The molecule has 2 heterocycles. The molecular formula is C61H58O14. The first-order valence-electron chi connectivity index (χ1n) is 24.8. The monoisotopic (exact) mass is 1010 g/mol. The highest BCUT2D eigenvalue weighted by Crippen LogP contribution is 2.36. The smallest absolute Gasteiger partial charge is 0.338 e. The van der Waals surface area contributed by atoms with Gasteiger partial charge in [-0.25, -0.2) is 14.4 Å². The van der Waals surface area contributed by atoms with E-state index in [4.69, 9.17) is 47.4 Å². The van der Waals surface area contributed by atoms with Gasteiger partial charge in [0, 0.05) is 0 Å². The minimum Gasteiger partial charge on any atom is -0.459 e. The summed E-state index contributed by atoms with van der Waals surface area (Å²) in [6, 6.07) is 63.2. The molecule has 14 nitrogen and oxygen atoms in total. The molecule has 0 saturated carbocycles. The molecule has 2 saturated heterocycles. The van der Waals surface area contributed by atoms with Gasteiger partial charge in [0.05, 0.1) is 49.7 Å². The average molecular weight is 1020 g/mol. The van der Waals surface area contributed by atoms with E-state index < -0.39 is 85.9 Å². The SMILES string of the molecule is O=C(OCC1O[C@H](O)C(OC(=O)c2ccccc2)C(OC(=O)c2ccccc2)[C@@H]1O[C@H]1OC(COCc2ccccc2)[C@H](OCc2ccccc2)C(OCc2ccccc2)C1OCc1ccccc1)c1ccccc1. The van der Waals surface area contributed by atoms with Gasteiger partial charge in [0.15, 0.2) is 24.8 Å². The Morgan fingerprint density at radius 3 is 1.21 bits per heavy atom. The fourth-order valence-corrected chi connectivity index (χ4v) is 8.81. The molecule has 9 rings (SSSR count). The summed E-state index contributed by atoms with van der Waals surface area (Å²) >= 11 is 0. The molecule has 0 aliphatic carbocycles. The summed E-state index contributed by atoms with van der Waals surface area (Å²) in [5.74, 6) is -2.39. The Balaban J connectivity index is 1.13. The van der Waals surface area contributed by atoms with Crippen LogP contribution in [0.2, 0.25) is 0 Å². The van der Waals surface area contributed by atoms with Crippen LogP contribution in [0.25, 0.3) is 0 Å². The maximum absolute atomic E-state index is 14.3. The molecule has 0 radical (unpaired) electrons. The summed E-state index contributed by atoms with van der Waals surface area (Å²) in [6.07, 6.45) is -13.5. The Morgan fingerprint density at radius 2 is 0.747 bits per heavy atom. The van der Waals surface area contributed by atoms with Crippen molar-refractivity contribution in [1.29, 1.82) is 0 Å². The quantitative estimate of drug-likeness (QED) is 0.0505. The van der Waals surface area contributed by atoms with E-state index in [1.165, 1.54) is 0 Å². The zero-order chi connectivity index (χ0) is 51.6. The molecule has 0 bridgehead atoms. The van der Waals surface area contributed by atoms with Crippen LogP contribution in [-0.2, 0) is 73.8 Å². The molecule has 2 aliphatic heterocycles. The maximum atomic E-state index is 14.3. The van der Waals surface area contributed by atoms with Gasteiger partial charge in [0.2, 0.25) is 0 Å². The van der Waals surface area contributed by atoms with Crippen LogP contribution in [0.3, 0.4) is 0 Å². The van der Waals surface area contributed by atoms with E-state index in [0.717, 1.165) is 22.3 Å². The van der Waals surface area contributed by atoms with E-state index >= 15 is 0 Å². The Kier molecular flexibility index (Phi) is 18.7. The van der Waals surface area contributed by atoms with Crippen molar-refractivity contribution < 1.29 is 66.9 Å². The van der Waals surface area contributed by atoms with Crippen molar-refractivity contribution >= 4 is 17.9 Å². The predicted octanol–water partition coefficient (Wildman–Crippen LogP) is 9.09. The number of aliphatic hydroxyl groups excluding tert-OH is 1. The van der Waals surface area contributed by atoms with Crippen LogP contribution in [-0.4, -0.2) is 97.6 Å². The number of esters is 3. The third kappa shape index (κ3) is 14.5. The van der Waals surface area contributed by atoms with Crippen molar-refractivity contribution in [2.45, 2.75) is 87.8 Å². The fraction of sp³-hybridized carbons (Fsp3) is 0.262. The highest BCUT2D eigenvalue weighted by Gasteiger charge is 2.56. The Morgan fingerprint density at radius 1 is 0.373 bits per heavy atom. The van der Waals surface area contributed by atoms with Crippen molar-refractivity contribution in [3.8, 4) is 0 Å². The highest BCUT2D eigenvalue weighted by molar-refractivity contribution is 5.90. The second-order valence-corrected chi connectivity index (χ2v) is 17.9. The number of benzene rings is 7. The lowest BCUT2D eigenvalue weighted by atomic mass is 9.95. The molecule has 7 aromatic rings.